The number of nitrogens with zero attached hydrogens (tertiary/aromatic N) is 3. The van der Waals surface area contributed by atoms with Gasteiger partial charge in [0, 0.05) is 23.9 Å². The molecule has 3 rings (SSSR count). The summed E-state index contributed by atoms with van der Waals surface area (Å²) in [5, 5.41) is 14.9. The molecule has 8 heteroatoms. The predicted molar refractivity (Wildman–Crippen MR) is 80.7 cm³/mol. The smallest absolute Gasteiger partial charge is 0.258 e. The molecule has 0 aliphatic carbocycles. The van der Waals surface area contributed by atoms with E-state index >= 15 is 0 Å². The van der Waals surface area contributed by atoms with E-state index in [2.05, 4.69) is 5.10 Å². The van der Waals surface area contributed by atoms with Crippen molar-refractivity contribution in [2.75, 3.05) is 0 Å². The second-order valence-electron chi connectivity index (χ2n) is 5.03. The molecule has 122 valence electrons. The number of hydrogen-bond donors (Lipinski definition) is 0. The predicted octanol–water partition coefficient (Wildman–Crippen LogP) is 4.47. The zero-order chi connectivity index (χ0) is 17.3. The largest absolute Gasteiger partial charge is 0.416 e. The van der Waals surface area contributed by atoms with Crippen molar-refractivity contribution in [3.8, 4) is 16.8 Å². The van der Waals surface area contributed by atoms with Gasteiger partial charge in [-0.1, -0.05) is 18.2 Å². The summed E-state index contributed by atoms with van der Waals surface area (Å²) in [6.45, 7) is 0. The number of halogens is 3. The summed E-state index contributed by atoms with van der Waals surface area (Å²) in [6, 6.07) is 10.7. The van der Waals surface area contributed by atoms with E-state index in [4.69, 9.17) is 0 Å². The highest BCUT2D eigenvalue weighted by molar-refractivity contribution is 5.63. The lowest BCUT2D eigenvalue weighted by Gasteiger charge is -2.07. The zero-order valence-corrected chi connectivity index (χ0v) is 12.1. The second-order valence-corrected chi connectivity index (χ2v) is 5.03. The van der Waals surface area contributed by atoms with Gasteiger partial charge in [-0.25, -0.2) is 4.68 Å². The molecule has 3 aromatic rings. The van der Waals surface area contributed by atoms with E-state index < -0.39 is 16.7 Å². The molecule has 5 nitrogen and oxygen atoms in total. The fraction of sp³-hybridized carbons (Fsp3) is 0.0625. The summed E-state index contributed by atoms with van der Waals surface area (Å²) in [5.41, 5.74) is 0.447. The van der Waals surface area contributed by atoms with E-state index in [1.54, 1.807) is 12.1 Å². The summed E-state index contributed by atoms with van der Waals surface area (Å²) in [7, 11) is 0. The number of hydrogen-bond acceptors (Lipinski definition) is 3. The molecule has 0 atom stereocenters. The van der Waals surface area contributed by atoms with E-state index in [1.807, 2.05) is 0 Å². The topological polar surface area (TPSA) is 61.0 Å². The maximum atomic E-state index is 12.8. The fourth-order valence-electron chi connectivity index (χ4n) is 2.24. The highest BCUT2D eigenvalue weighted by Crippen LogP contribution is 2.32. The summed E-state index contributed by atoms with van der Waals surface area (Å²) in [5.74, 6) is 0. The van der Waals surface area contributed by atoms with E-state index in [-0.39, 0.29) is 5.69 Å². The molecule has 24 heavy (non-hydrogen) atoms. The zero-order valence-electron chi connectivity index (χ0n) is 12.1. The lowest BCUT2D eigenvalue weighted by atomic mass is 10.1. The van der Waals surface area contributed by atoms with E-state index in [0.717, 1.165) is 12.1 Å². The first-order valence-electron chi connectivity index (χ1n) is 6.82. The van der Waals surface area contributed by atoms with Crippen LogP contribution in [0.25, 0.3) is 16.8 Å². The van der Waals surface area contributed by atoms with Gasteiger partial charge >= 0.3 is 6.18 Å². The first kappa shape index (κ1) is 15.7. The van der Waals surface area contributed by atoms with Gasteiger partial charge in [0.2, 0.25) is 0 Å². The van der Waals surface area contributed by atoms with Crippen molar-refractivity contribution < 1.29 is 18.1 Å². The maximum absolute atomic E-state index is 12.8. The van der Waals surface area contributed by atoms with Crippen LogP contribution in [-0.2, 0) is 6.18 Å². The molecule has 0 N–H and O–H groups in total. The summed E-state index contributed by atoms with van der Waals surface area (Å²) >= 11 is 0. The molecule has 2 aromatic carbocycles. The van der Waals surface area contributed by atoms with Crippen molar-refractivity contribution in [2.24, 2.45) is 0 Å². The van der Waals surface area contributed by atoms with Crippen LogP contribution < -0.4 is 0 Å². The minimum Gasteiger partial charge on any atom is -0.258 e. The Morgan fingerprint density at radius 2 is 1.79 bits per heavy atom. The van der Waals surface area contributed by atoms with Crippen molar-refractivity contribution in [3.63, 3.8) is 0 Å². The number of alkyl halides is 3. The molecule has 0 amide bonds. The van der Waals surface area contributed by atoms with Crippen LogP contribution in [0.3, 0.4) is 0 Å². The van der Waals surface area contributed by atoms with Crippen LogP contribution >= 0.6 is 0 Å². The molecule has 1 heterocycles. The first-order valence-corrected chi connectivity index (χ1v) is 6.82. The molecule has 0 aliphatic rings. The van der Waals surface area contributed by atoms with Gasteiger partial charge in [-0.05, 0) is 23.8 Å². The summed E-state index contributed by atoms with van der Waals surface area (Å²) in [4.78, 5) is 10.3. The number of non-ortho nitro benzene ring substituents is 1. The van der Waals surface area contributed by atoms with Crippen LogP contribution in [0.1, 0.15) is 5.56 Å². The highest BCUT2D eigenvalue weighted by Gasteiger charge is 2.30. The minimum absolute atomic E-state index is 0.0939. The van der Waals surface area contributed by atoms with Gasteiger partial charge in [-0.3, -0.25) is 10.1 Å². The van der Waals surface area contributed by atoms with Gasteiger partial charge in [-0.15, -0.1) is 0 Å². The quantitative estimate of drug-likeness (QED) is 0.525. The molecule has 0 saturated carbocycles. The Balaban J connectivity index is 1.97. The third-order valence-electron chi connectivity index (χ3n) is 3.41. The molecular weight excluding hydrogens is 323 g/mol. The van der Waals surface area contributed by atoms with Gasteiger partial charge in [0.1, 0.15) is 0 Å². The number of aromatic nitrogens is 2. The van der Waals surface area contributed by atoms with Crippen LogP contribution in [0.15, 0.2) is 60.9 Å². The third kappa shape index (κ3) is 3.12. The molecule has 0 unspecified atom stereocenters. The van der Waals surface area contributed by atoms with Crippen molar-refractivity contribution in [3.05, 3.63) is 76.6 Å². The molecule has 0 radical (unpaired) electrons. The van der Waals surface area contributed by atoms with Crippen molar-refractivity contribution >= 4 is 5.69 Å². The molecule has 1 aromatic heterocycles. The van der Waals surface area contributed by atoms with Crippen molar-refractivity contribution in [1.29, 1.82) is 0 Å². The standard InChI is InChI=1S/C16H10F3N3O2/c17-16(18,19)13-4-1-3-11(7-13)12-9-20-21(10-12)14-5-2-6-15(8-14)22(23)24/h1-10H. The van der Waals surface area contributed by atoms with Gasteiger partial charge in [0.05, 0.1) is 22.4 Å². The average Bonchev–Trinajstić information content (AvgIpc) is 3.04. The summed E-state index contributed by atoms with van der Waals surface area (Å²) < 4.78 is 39.7. The number of nitro groups is 1. The SMILES string of the molecule is O=[N+]([O-])c1cccc(-n2cc(-c3cccc(C(F)(F)F)c3)cn2)c1. The Bertz CT molecular complexity index is 903. The van der Waals surface area contributed by atoms with Gasteiger partial charge in [0.25, 0.3) is 5.69 Å². The molecule has 0 fully saturated rings. The van der Waals surface area contributed by atoms with E-state index in [9.17, 15) is 23.3 Å². The minimum atomic E-state index is -4.42. The van der Waals surface area contributed by atoms with Crippen LogP contribution in [-0.4, -0.2) is 14.7 Å². The van der Waals surface area contributed by atoms with Gasteiger partial charge in [-0.2, -0.15) is 18.3 Å². The molecule has 0 aliphatic heterocycles. The lowest BCUT2D eigenvalue weighted by Crippen LogP contribution is -2.04. The normalized spacial score (nSPS) is 11.5. The third-order valence-corrected chi connectivity index (χ3v) is 3.41. The molecule has 0 bridgehead atoms. The summed E-state index contributed by atoms with van der Waals surface area (Å²) in [6.07, 6.45) is -1.49. The first-order chi connectivity index (χ1) is 11.3. The van der Waals surface area contributed by atoms with E-state index in [1.165, 1.54) is 41.3 Å². The Morgan fingerprint density at radius 3 is 2.50 bits per heavy atom. The van der Waals surface area contributed by atoms with Gasteiger partial charge in [0.15, 0.2) is 0 Å². The molecule has 0 saturated heterocycles. The maximum Gasteiger partial charge on any atom is 0.416 e. The fourth-order valence-corrected chi connectivity index (χ4v) is 2.24. The van der Waals surface area contributed by atoms with Crippen LogP contribution in [0.4, 0.5) is 18.9 Å². The van der Waals surface area contributed by atoms with Crippen molar-refractivity contribution in [1.82, 2.24) is 9.78 Å². The average molecular weight is 333 g/mol. The van der Waals surface area contributed by atoms with E-state index in [0.29, 0.717) is 16.8 Å². The monoisotopic (exact) mass is 333 g/mol. The number of benzene rings is 2. The Kier molecular flexibility index (Phi) is 3.80. The Morgan fingerprint density at radius 1 is 1.04 bits per heavy atom. The molecular formula is C16H10F3N3O2. The van der Waals surface area contributed by atoms with Crippen LogP contribution in [0, 0.1) is 10.1 Å². The van der Waals surface area contributed by atoms with Crippen LogP contribution in [0.5, 0.6) is 0 Å². The van der Waals surface area contributed by atoms with Gasteiger partial charge < -0.3 is 0 Å². The number of nitro benzene ring substituents is 1. The van der Waals surface area contributed by atoms with Crippen LogP contribution in [0.2, 0.25) is 0 Å². The Labute approximate surface area is 134 Å². The Hall–Kier alpha value is -3.16. The number of rotatable bonds is 3. The highest BCUT2D eigenvalue weighted by atomic mass is 19.4. The van der Waals surface area contributed by atoms with Crippen molar-refractivity contribution in [2.45, 2.75) is 6.18 Å². The molecule has 0 spiro atoms. The lowest BCUT2D eigenvalue weighted by molar-refractivity contribution is -0.384. The second kappa shape index (κ2) is 5.80.